The Morgan fingerprint density at radius 2 is 1.80 bits per heavy atom. The summed E-state index contributed by atoms with van der Waals surface area (Å²) < 4.78 is 0. The van der Waals surface area contributed by atoms with Crippen LogP contribution in [0, 0.1) is 5.92 Å². The lowest BCUT2D eigenvalue weighted by Gasteiger charge is -2.37. The molecule has 0 spiro atoms. The van der Waals surface area contributed by atoms with Crippen LogP contribution in [-0.4, -0.2) is 59.0 Å². The van der Waals surface area contributed by atoms with Crippen molar-refractivity contribution in [2.75, 3.05) is 26.7 Å². The van der Waals surface area contributed by atoms with Gasteiger partial charge in [0.1, 0.15) is 0 Å². The third-order valence-electron chi connectivity index (χ3n) is 3.46. The number of carboxylic acid groups (broad SMARTS) is 1. The molecular formula is C15H30N2O3. The van der Waals surface area contributed by atoms with Gasteiger partial charge in [0, 0.05) is 25.7 Å². The number of carbonyl (C=O) groups excluding carboxylic acids is 1. The molecule has 0 aliphatic rings. The number of carbonyl (C=O) groups is 2. The molecule has 20 heavy (non-hydrogen) atoms. The van der Waals surface area contributed by atoms with Crippen molar-refractivity contribution in [3.8, 4) is 0 Å². The topological polar surface area (TPSA) is 60.9 Å². The van der Waals surface area contributed by atoms with Crippen LogP contribution in [0.25, 0.3) is 0 Å². The van der Waals surface area contributed by atoms with Crippen LogP contribution in [0.15, 0.2) is 0 Å². The third kappa shape index (κ3) is 6.89. The summed E-state index contributed by atoms with van der Waals surface area (Å²) >= 11 is 0. The normalized spacial score (nSPS) is 13.3. The van der Waals surface area contributed by atoms with Crippen LogP contribution < -0.4 is 0 Å². The molecule has 5 heteroatoms. The average molecular weight is 286 g/mol. The molecule has 1 atom stereocenters. The van der Waals surface area contributed by atoms with Crippen LogP contribution in [0.1, 0.15) is 47.5 Å². The maximum absolute atomic E-state index is 12.2. The van der Waals surface area contributed by atoms with E-state index in [-0.39, 0.29) is 18.0 Å². The molecule has 0 aromatic carbocycles. The monoisotopic (exact) mass is 286 g/mol. The summed E-state index contributed by atoms with van der Waals surface area (Å²) in [6.07, 6.45) is 2.04. The minimum atomic E-state index is -0.828. The molecule has 1 amide bonds. The van der Waals surface area contributed by atoms with Crippen LogP contribution in [0.4, 0.5) is 0 Å². The fourth-order valence-corrected chi connectivity index (χ4v) is 1.79. The molecule has 0 aromatic rings. The first kappa shape index (κ1) is 18.9. The van der Waals surface area contributed by atoms with Crippen molar-refractivity contribution in [2.24, 2.45) is 5.92 Å². The number of nitrogens with zero attached hydrogens (tertiary/aromatic N) is 2. The Hall–Kier alpha value is -1.10. The van der Waals surface area contributed by atoms with Crippen LogP contribution in [-0.2, 0) is 9.59 Å². The van der Waals surface area contributed by atoms with Crippen LogP contribution >= 0.6 is 0 Å². The Labute approximate surface area is 122 Å². The highest BCUT2D eigenvalue weighted by Crippen LogP contribution is 2.16. The summed E-state index contributed by atoms with van der Waals surface area (Å²) in [4.78, 5) is 26.9. The molecule has 0 rings (SSSR count). The van der Waals surface area contributed by atoms with Crippen molar-refractivity contribution in [3.05, 3.63) is 0 Å². The first-order valence-electron chi connectivity index (χ1n) is 7.31. The first-order valence-corrected chi connectivity index (χ1v) is 7.31. The smallest absolute Gasteiger partial charge is 0.307 e. The lowest BCUT2D eigenvalue weighted by atomic mass is 10.0. The van der Waals surface area contributed by atoms with Gasteiger partial charge >= 0.3 is 5.97 Å². The fraction of sp³-hybridized carbons (Fsp3) is 0.867. The molecular weight excluding hydrogens is 256 g/mol. The van der Waals surface area contributed by atoms with E-state index in [4.69, 9.17) is 5.11 Å². The van der Waals surface area contributed by atoms with Crippen LogP contribution in [0.5, 0.6) is 0 Å². The summed E-state index contributed by atoms with van der Waals surface area (Å²) in [7, 11) is 1.81. The SMILES string of the molecule is CCCCN(C)C(=O)CN(CC(C)C(=O)O)C(C)(C)C. The van der Waals surface area contributed by atoms with E-state index in [1.54, 1.807) is 18.9 Å². The van der Waals surface area contributed by atoms with Gasteiger partial charge in [0.15, 0.2) is 0 Å². The van der Waals surface area contributed by atoms with Gasteiger partial charge in [-0.15, -0.1) is 0 Å². The van der Waals surface area contributed by atoms with Crippen molar-refractivity contribution >= 4 is 11.9 Å². The highest BCUT2D eigenvalue weighted by atomic mass is 16.4. The molecule has 118 valence electrons. The number of hydrogen-bond donors (Lipinski definition) is 1. The average Bonchev–Trinajstić information content (AvgIpc) is 2.33. The summed E-state index contributed by atoms with van der Waals surface area (Å²) in [6.45, 7) is 11.2. The van der Waals surface area contributed by atoms with Crippen LogP contribution in [0.2, 0.25) is 0 Å². The van der Waals surface area contributed by atoms with Crippen molar-refractivity contribution < 1.29 is 14.7 Å². The van der Waals surface area contributed by atoms with E-state index in [9.17, 15) is 9.59 Å². The van der Waals surface area contributed by atoms with E-state index in [1.807, 2.05) is 25.7 Å². The number of unbranched alkanes of at least 4 members (excludes halogenated alkanes) is 1. The number of aliphatic carboxylic acids is 1. The zero-order valence-electron chi connectivity index (χ0n) is 13.8. The highest BCUT2D eigenvalue weighted by Gasteiger charge is 2.28. The predicted molar refractivity (Wildman–Crippen MR) is 80.7 cm³/mol. The quantitative estimate of drug-likeness (QED) is 0.742. The third-order valence-corrected chi connectivity index (χ3v) is 3.46. The summed E-state index contributed by atoms with van der Waals surface area (Å²) in [5.74, 6) is -1.26. The molecule has 0 aliphatic heterocycles. The molecule has 0 radical (unpaired) electrons. The number of carboxylic acids is 1. The van der Waals surface area contributed by atoms with Crippen molar-refractivity contribution in [1.29, 1.82) is 0 Å². The zero-order chi connectivity index (χ0) is 15.9. The molecule has 0 saturated heterocycles. The molecule has 0 aliphatic carbocycles. The Bertz CT molecular complexity index is 324. The van der Waals surface area contributed by atoms with Gasteiger partial charge in [-0.3, -0.25) is 14.5 Å². The number of hydrogen-bond acceptors (Lipinski definition) is 3. The zero-order valence-corrected chi connectivity index (χ0v) is 13.8. The van der Waals surface area contributed by atoms with E-state index >= 15 is 0 Å². The van der Waals surface area contributed by atoms with E-state index in [0.29, 0.717) is 6.54 Å². The molecule has 0 bridgehead atoms. The van der Waals surface area contributed by atoms with E-state index in [1.165, 1.54) is 0 Å². The minimum Gasteiger partial charge on any atom is -0.481 e. The van der Waals surface area contributed by atoms with Gasteiger partial charge in [0.25, 0.3) is 0 Å². The maximum atomic E-state index is 12.2. The van der Waals surface area contributed by atoms with E-state index in [2.05, 4.69) is 6.92 Å². The van der Waals surface area contributed by atoms with E-state index < -0.39 is 11.9 Å². The van der Waals surface area contributed by atoms with Gasteiger partial charge in [0.2, 0.25) is 5.91 Å². The lowest BCUT2D eigenvalue weighted by Crippen LogP contribution is -2.50. The standard InChI is InChI=1S/C15H30N2O3/c1-7-8-9-16(6)13(18)11-17(15(3,4)5)10-12(2)14(19)20/h12H,7-11H2,1-6H3,(H,19,20). The number of amides is 1. The Kier molecular flexibility index (Phi) is 7.79. The second kappa shape index (κ2) is 8.25. The fourth-order valence-electron chi connectivity index (χ4n) is 1.79. The summed E-state index contributed by atoms with van der Waals surface area (Å²) in [5.41, 5.74) is -0.231. The van der Waals surface area contributed by atoms with Gasteiger partial charge in [0.05, 0.1) is 12.5 Å². The van der Waals surface area contributed by atoms with Gasteiger partial charge in [-0.2, -0.15) is 0 Å². The van der Waals surface area contributed by atoms with Crippen molar-refractivity contribution in [2.45, 2.75) is 53.0 Å². The Balaban J connectivity index is 4.66. The van der Waals surface area contributed by atoms with Crippen LogP contribution in [0.3, 0.4) is 0 Å². The van der Waals surface area contributed by atoms with Gasteiger partial charge < -0.3 is 10.0 Å². The first-order chi connectivity index (χ1) is 9.09. The van der Waals surface area contributed by atoms with Gasteiger partial charge in [-0.05, 0) is 27.2 Å². The van der Waals surface area contributed by atoms with E-state index in [0.717, 1.165) is 19.4 Å². The second-order valence-electron chi connectivity index (χ2n) is 6.46. The molecule has 5 nitrogen and oxygen atoms in total. The maximum Gasteiger partial charge on any atom is 0.307 e. The number of rotatable bonds is 8. The largest absolute Gasteiger partial charge is 0.481 e. The Morgan fingerprint density at radius 1 is 1.25 bits per heavy atom. The molecule has 0 saturated carbocycles. The number of likely N-dealkylation sites (N-methyl/N-ethyl adjacent to an activating group) is 1. The molecule has 1 N–H and O–H groups in total. The van der Waals surface area contributed by atoms with Crippen molar-refractivity contribution in [1.82, 2.24) is 9.80 Å². The molecule has 1 unspecified atom stereocenters. The second-order valence-corrected chi connectivity index (χ2v) is 6.46. The Morgan fingerprint density at radius 3 is 2.20 bits per heavy atom. The molecule has 0 fully saturated rings. The summed E-state index contributed by atoms with van der Waals surface area (Å²) in [5, 5.41) is 9.03. The highest BCUT2D eigenvalue weighted by molar-refractivity contribution is 5.78. The molecule has 0 heterocycles. The lowest BCUT2D eigenvalue weighted by molar-refractivity contribution is -0.143. The summed E-state index contributed by atoms with van der Waals surface area (Å²) in [6, 6.07) is 0. The minimum absolute atomic E-state index is 0.0472. The predicted octanol–water partition coefficient (Wildman–Crippen LogP) is 2.07. The van der Waals surface area contributed by atoms with Gasteiger partial charge in [-0.25, -0.2) is 0 Å². The van der Waals surface area contributed by atoms with Gasteiger partial charge in [-0.1, -0.05) is 20.3 Å². The molecule has 0 aromatic heterocycles. The van der Waals surface area contributed by atoms with Crippen molar-refractivity contribution in [3.63, 3.8) is 0 Å².